The molecule has 1 amide bonds. The van der Waals surface area contributed by atoms with Gasteiger partial charge in [-0.05, 0) is 43.8 Å². The number of aromatic amines is 1. The minimum Gasteiger partial charge on any atom is -0.358 e. The summed E-state index contributed by atoms with van der Waals surface area (Å²) in [7, 11) is 0. The highest BCUT2D eigenvalue weighted by Crippen LogP contribution is 2.27. The monoisotopic (exact) mass is 367 g/mol. The molecule has 0 aliphatic carbocycles. The SMILES string of the molecule is Cc1[nH]c2c(C(=O)N3CCN(C(C)c4cccs4)CC3)cccc2c1C. The highest BCUT2D eigenvalue weighted by Gasteiger charge is 2.27. The van der Waals surface area contributed by atoms with E-state index in [1.54, 1.807) is 0 Å². The van der Waals surface area contributed by atoms with Crippen molar-refractivity contribution in [2.45, 2.75) is 26.8 Å². The first-order valence-corrected chi connectivity index (χ1v) is 10.1. The van der Waals surface area contributed by atoms with Gasteiger partial charge < -0.3 is 9.88 Å². The predicted octanol–water partition coefficient (Wildman–Crippen LogP) is 4.37. The van der Waals surface area contributed by atoms with Crippen molar-refractivity contribution in [3.8, 4) is 0 Å². The summed E-state index contributed by atoms with van der Waals surface area (Å²) in [5.74, 6) is 0.139. The molecule has 5 heteroatoms. The quantitative estimate of drug-likeness (QED) is 0.747. The summed E-state index contributed by atoms with van der Waals surface area (Å²) in [6.07, 6.45) is 0. The molecule has 1 N–H and O–H groups in total. The van der Waals surface area contributed by atoms with Gasteiger partial charge in [0.25, 0.3) is 5.91 Å². The molecule has 2 aromatic heterocycles. The first-order valence-electron chi connectivity index (χ1n) is 9.21. The topological polar surface area (TPSA) is 39.3 Å². The van der Waals surface area contributed by atoms with E-state index in [-0.39, 0.29) is 5.91 Å². The first-order chi connectivity index (χ1) is 12.6. The lowest BCUT2D eigenvalue weighted by Crippen LogP contribution is -2.49. The van der Waals surface area contributed by atoms with Crippen LogP contribution in [0.15, 0.2) is 35.7 Å². The van der Waals surface area contributed by atoms with E-state index in [9.17, 15) is 4.79 Å². The Morgan fingerprint density at radius 3 is 2.58 bits per heavy atom. The average Bonchev–Trinajstić information content (AvgIpc) is 3.30. The number of aryl methyl sites for hydroxylation is 2. The van der Waals surface area contributed by atoms with E-state index in [1.165, 1.54) is 10.4 Å². The van der Waals surface area contributed by atoms with Gasteiger partial charge >= 0.3 is 0 Å². The maximum Gasteiger partial charge on any atom is 0.256 e. The summed E-state index contributed by atoms with van der Waals surface area (Å²) in [5.41, 5.74) is 4.12. The van der Waals surface area contributed by atoms with Crippen LogP contribution in [0.4, 0.5) is 0 Å². The number of amides is 1. The Bertz CT molecular complexity index is 920. The zero-order valence-electron chi connectivity index (χ0n) is 15.6. The standard InChI is InChI=1S/C21H25N3OS/c1-14-15(2)22-20-17(14)6-4-7-18(20)21(25)24-11-9-23(10-12-24)16(3)19-8-5-13-26-19/h4-8,13,16,22H,9-12H2,1-3H3. The molecule has 4 nitrogen and oxygen atoms in total. The number of piperazine rings is 1. The van der Waals surface area contributed by atoms with Crippen molar-refractivity contribution in [3.63, 3.8) is 0 Å². The lowest BCUT2D eigenvalue weighted by Gasteiger charge is -2.37. The molecule has 4 rings (SSSR count). The zero-order valence-corrected chi connectivity index (χ0v) is 16.4. The molecule has 26 heavy (non-hydrogen) atoms. The number of thiophene rings is 1. The first kappa shape index (κ1) is 17.3. The van der Waals surface area contributed by atoms with E-state index in [4.69, 9.17) is 0 Å². The third-order valence-electron chi connectivity index (χ3n) is 5.68. The number of benzene rings is 1. The van der Waals surface area contributed by atoms with E-state index in [0.717, 1.165) is 48.3 Å². The van der Waals surface area contributed by atoms with Crippen LogP contribution in [0.1, 0.15) is 39.5 Å². The van der Waals surface area contributed by atoms with Gasteiger partial charge in [-0.1, -0.05) is 18.2 Å². The van der Waals surface area contributed by atoms with Gasteiger partial charge in [-0.25, -0.2) is 0 Å². The average molecular weight is 368 g/mol. The number of hydrogen-bond acceptors (Lipinski definition) is 3. The second-order valence-corrected chi connectivity index (χ2v) is 8.10. The molecule has 0 bridgehead atoms. The molecule has 0 radical (unpaired) electrons. The molecule has 3 heterocycles. The van der Waals surface area contributed by atoms with Crippen molar-refractivity contribution in [1.29, 1.82) is 0 Å². The molecule has 1 atom stereocenters. The Morgan fingerprint density at radius 2 is 1.88 bits per heavy atom. The number of H-pyrrole nitrogens is 1. The van der Waals surface area contributed by atoms with Gasteiger partial charge in [0, 0.05) is 48.2 Å². The Hall–Kier alpha value is -2.11. The van der Waals surface area contributed by atoms with E-state index in [2.05, 4.69) is 54.2 Å². The molecule has 1 aliphatic rings. The number of hydrogen-bond donors (Lipinski definition) is 1. The highest BCUT2D eigenvalue weighted by atomic mass is 32.1. The molecule has 136 valence electrons. The fraction of sp³-hybridized carbons (Fsp3) is 0.381. The highest BCUT2D eigenvalue weighted by molar-refractivity contribution is 7.10. The molecule has 0 saturated carbocycles. The molecule has 1 fully saturated rings. The van der Waals surface area contributed by atoms with Crippen molar-refractivity contribution in [1.82, 2.24) is 14.8 Å². The van der Waals surface area contributed by atoms with Crippen LogP contribution in [-0.4, -0.2) is 46.9 Å². The maximum absolute atomic E-state index is 13.1. The maximum atomic E-state index is 13.1. The third kappa shape index (κ3) is 2.95. The Kier molecular flexibility index (Phi) is 4.59. The number of aromatic nitrogens is 1. The van der Waals surface area contributed by atoms with Gasteiger partial charge in [0.05, 0.1) is 11.1 Å². The van der Waals surface area contributed by atoms with Crippen molar-refractivity contribution >= 4 is 28.1 Å². The minimum atomic E-state index is 0.139. The predicted molar refractivity (Wildman–Crippen MR) is 108 cm³/mol. The third-order valence-corrected chi connectivity index (χ3v) is 6.72. The van der Waals surface area contributed by atoms with E-state index >= 15 is 0 Å². The normalized spacial score (nSPS) is 17.0. The second-order valence-electron chi connectivity index (χ2n) is 7.12. The van der Waals surface area contributed by atoms with Crippen LogP contribution in [0.5, 0.6) is 0 Å². The van der Waals surface area contributed by atoms with Crippen molar-refractivity contribution < 1.29 is 4.79 Å². The number of fused-ring (bicyclic) bond motifs is 1. The van der Waals surface area contributed by atoms with Crippen LogP contribution in [0.25, 0.3) is 10.9 Å². The molecule has 3 aromatic rings. The lowest BCUT2D eigenvalue weighted by atomic mass is 10.1. The number of rotatable bonds is 3. The zero-order chi connectivity index (χ0) is 18.3. The van der Waals surface area contributed by atoms with Gasteiger partial charge in [0.15, 0.2) is 0 Å². The van der Waals surface area contributed by atoms with Gasteiger partial charge in [-0.2, -0.15) is 0 Å². The van der Waals surface area contributed by atoms with Crippen molar-refractivity contribution in [3.05, 3.63) is 57.4 Å². The van der Waals surface area contributed by atoms with Gasteiger partial charge in [-0.3, -0.25) is 9.69 Å². The molecule has 1 unspecified atom stereocenters. The van der Waals surface area contributed by atoms with Crippen LogP contribution in [-0.2, 0) is 0 Å². The van der Waals surface area contributed by atoms with Crippen molar-refractivity contribution in [2.24, 2.45) is 0 Å². The Morgan fingerprint density at radius 1 is 1.12 bits per heavy atom. The molecule has 0 spiro atoms. The number of carbonyl (C=O) groups excluding carboxylic acids is 1. The number of nitrogens with one attached hydrogen (secondary N) is 1. The van der Waals surface area contributed by atoms with Crippen LogP contribution < -0.4 is 0 Å². The second kappa shape index (κ2) is 6.89. The number of nitrogens with zero attached hydrogens (tertiary/aromatic N) is 2. The Balaban J connectivity index is 1.50. The largest absolute Gasteiger partial charge is 0.358 e. The molecular formula is C21H25N3OS. The van der Waals surface area contributed by atoms with Crippen molar-refractivity contribution in [2.75, 3.05) is 26.2 Å². The molecule has 1 saturated heterocycles. The van der Waals surface area contributed by atoms with Crippen LogP contribution in [0, 0.1) is 13.8 Å². The minimum absolute atomic E-state index is 0.139. The summed E-state index contributed by atoms with van der Waals surface area (Å²) >= 11 is 1.81. The van der Waals surface area contributed by atoms with E-state index in [0.29, 0.717) is 6.04 Å². The van der Waals surface area contributed by atoms with Gasteiger partial charge in [0.2, 0.25) is 0 Å². The van der Waals surface area contributed by atoms with Crippen LogP contribution in [0.3, 0.4) is 0 Å². The lowest BCUT2D eigenvalue weighted by molar-refractivity contribution is 0.0586. The van der Waals surface area contributed by atoms with E-state index in [1.807, 2.05) is 28.4 Å². The van der Waals surface area contributed by atoms with Crippen LogP contribution >= 0.6 is 11.3 Å². The van der Waals surface area contributed by atoms with E-state index < -0.39 is 0 Å². The summed E-state index contributed by atoms with van der Waals surface area (Å²) in [4.78, 5) is 22.4. The smallest absolute Gasteiger partial charge is 0.256 e. The summed E-state index contributed by atoms with van der Waals surface area (Å²) in [6, 6.07) is 10.8. The Labute approximate surface area is 158 Å². The summed E-state index contributed by atoms with van der Waals surface area (Å²) in [6.45, 7) is 9.83. The molecule has 1 aliphatic heterocycles. The van der Waals surface area contributed by atoms with Gasteiger partial charge in [-0.15, -0.1) is 11.3 Å². The van der Waals surface area contributed by atoms with Gasteiger partial charge in [0.1, 0.15) is 0 Å². The molecule has 1 aromatic carbocycles. The number of carbonyl (C=O) groups is 1. The fourth-order valence-corrected chi connectivity index (χ4v) is 4.67. The summed E-state index contributed by atoms with van der Waals surface area (Å²) in [5, 5.41) is 3.28. The molecular weight excluding hydrogens is 342 g/mol. The summed E-state index contributed by atoms with van der Waals surface area (Å²) < 4.78 is 0. The fourth-order valence-electron chi connectivity index (χ4n) is 3.85. The van der Waals surface area contributed by atoms with Crippen LogP contribution in [0.2, 0.25) is 0 Å². The number of para-hydroxylation sites is 1.